The number of amides is 1. The van der Waals surface area contributed by atoms with Crippen LogP contribution in [0.3, 0.4) is 0 Å². The molecule has 11 nitrogen and oxygen atoms in total. The van der Waals surface area contributed by atoms with Crippen LogP contribution in [0.4, 0.5) is 0 Å². The number of esters is 1. The van der Waals surface area contributed by atoms with E-state index in [9.17, 15) is 35.1 Å². The molecular weight excluding hydrogens is 859 g/mol. The van der Waals surface area contributed by atoms with Crippen molar-refractivity contribution in [2.45, 2.75) is 275 Å². The van der Waals surface area contributed by atoms with Crippen molar-refractivity contribution in [1.82, 2.24) is 5.32 Å². The van der Waals surface area contributed by atoms with Crippen LogP contribution in [0.25, 0.3) is 0 Å². The van der Waals surface area contributed by atoms with E-state index in [1.54, 1.807) is 6.08 Å². The van der Waals surface area contributed by atoms with Crippen molar-refractivity contribution in [3.8, 4) is 0 Å². The molecule has 1 aliphatic rings. The number of ether oxygens (including phenoxy) is 3. The van der Waals surface area contributed by atoms with Crippen molar-refractivity contribution >= 4 is 11.9 Å². The molecule has 0 aromatic rings. The van der Waals surface area contributed by atoms with Gasteiger partial charge < -0.3 is 45.1 Å². The maximum absolute atomic E-state index is 13.3. The van der Waals surface area contributed by atoms with Crippen LogP contribution in [0.5, 0.6) is 0 Å². The van der Waals surface area contributed by atoms with Crippen molar-refractivity contribution < 1.29 is 49.3 Å². The highest BCUT2D eigenvalue weighted by molar-refractivity contribution is 5.80. The Morgan fingerprint density at radius 1 is 0.588 bits per heavy atom. The molecule has 0 saturated carbocycles. The predicted octanol–water partition coefficient (Wildman–Crippen LogP) is 11.9. The highest BCUT2D eigenvalue weighted by atomic mass is 16.7. The van der Waals surface area contributed by atoms with Crippen LogP contribution in [-0.2, 0) is 23.8 Å². The fourth-order valence-electron chi connectivity index (χ4n) is 8.25. The van der Waals surface area contributed by atoms with E-state index >= 15 is 0 Å². The lowest BCUT2D eigenvalue weighted by Gasteiger charge is -2.41. The molecule has 6 N–H and O–H groups in total. The maximum atomic E-state index is 13.3. The van der Waals surface area contributed by atoms with Gasteiger partial charge in [0.25, 0.3) is 0 Å². The Hall–Kier alpha value is -2.64. The molecule has 0 aliphatic carbocycles. The predicted molar refractivity (Wildman–Crippen MR) is 278 cm³/mol. The zero-order valence-corrected chi connectivity index (χ0v) is 43.2. The summed E-state index contributed by atoms with van der Waals surface area (Å²) >= 11 is 0. The molecule has 0 spiro atoms. The number of carbonyl (C=O) groups excluding carboxylic acids is 2. The molecule has 1 saturated heterocycles. The average molecular weight is 960 g/mol. The summed E-state index contributed by atoms with van der Waals surface area (Å²) in [5.41, 5.74) is 0. The van der Waals surface area contributed by atoms with Gasteiger partial charge in [0.1, 0.15) is 24.4 Å². The zero-order chi connectivity index (χ0) is 49.7. The van der Waals surface area contributed by atoms with Crippen LogP contribution in [0.1, 0.15) is 226 Å². The first-order valence-electron chi connectivity index (χ1n) is 27.6. The van der Waals surface area contributed by atoms with Crippen LogP contribution in [0.2, 0.25) is 0 Å². The molecule has 11 heteroatoms. The van der Waals surface area contributed by atoms with Crippen molar-refractivity contribution in [3.05, 3.63) is 60.8 Å². The van der Waals surface area contributed by atoms with Crippen LogP contribution < -0.4 is 5.32 Å². The Balaban J connectivity index is 2.79. The van der Waals surface area contributed by atoms with Crippen LogP contribution in [0.15, 0.2) is 60.8 Å². The molecule has 8 atom stereocenters. The molecule has 0 aromatic carbocycles. The van der Waals surface area contributed by atoms with E-state index in [0.717, 1.165) is 83.5 Å². The number of rotatable bonds is 45. The molecule has 0 bridgehead atoms. The van der Waals surface area contributed by atoms with Gasteiger partial charge in [-0.2, -0.15) is 0 Å². The number of aliphatic hydroxyl groups is 5. The lowest BCUT2D eigenvalue weighted by atomic mass is 9.99. The summed E-state index contributed by atoms with van der Waals surface area (Å²) in [4.78, 5) is 26.4. The molecule has 0 aromatic heterocycles. The molecular formula is C57H101NO10. The summed E-state index contributed by atoms with van der Waals surface area (Å²) < 4.78 is 17.5. The van der Waals surface area contributed by atoms with E-state index in [1.165, 1.54) is 96.3 Å². The van der Waals surface area contributed by atoms with E-state index in [-0.39, 0.29) is 19.4 Å². The standard InChI is InChI=1S/C57H101NO10/c1-4-7-10-13-16-19-22-25-27-30-33-36-39-42-45-52(62)68-55-54(64)53(63)51(46-59)67-57(55)66-47-48(49(60)43-40-37-34-31-28-24-21-18-15-12-9-6-3)58-56(65)50(61)44-41-38-35-32-29-26-23-20-17-14-11-8-5-2/h8,11,17,20,26-27,29-30,40,43,48-51,53-55,57,59-61,63-64H,4-7,9-10,12-16,18-19,21-25,28,31-39,41-42,44-47H2,1-3H3,(H,58,65)/b11-8+,20-17+,29-26+,30-27-,43-40+. The lowest BCUT2D eigenvalue weighted by molar-refractivity contribution is -0.305. The Morgan fingerprint density at radius 3 is 1.60 bits per heavy atom. The fraction of sp³-hybridized carbons (Fsp3) is 0.789. The first-order chi connectivity index (χ1) is 33.2. The number of hydrogen-bond donors (Lipinski definition) is 6. The third-order valence-corrected chi connectivity index (χ3v) is 12.7. The number of hydrogen-bond acceptors (Lipinski definition) is 10. The lowest BCUT2D eigenvalue weighted by Crippen LogP contribution is -2.61. The van der Waals surface area contributed by atoms with Gasteiger partial charge in [0, 0.05) is 6.42 Å². The monoisotopic (exact) mass is 960 g/mol. The minimum atomic E-state index is -1.62. The number of allylic oxidation sites excluding steroid dienone is 9. The number of unbranched alkanes of at least 4 members (excludes halogenated alkanes) is 23. The molecule has 394 valence electrons. The van der Waals surface area contributed by atoms with Gasteiger partial charge in [-0.05, 0) is 83.5 Å². The first kappa shape index (κ1) is 63.4. The maximum Gasteiger partial charge on any atom is 0.306 e. The molecule has 1 heterocycles. The molecule has 1 rings (SSSR count). The summed E-state index contributed by atoms with van der Waals surface area (Å²) in [6.07, 6.45) is 44.1. The molecule has 1 fully saturated rings. The number of aliphatic hydroxyl groups excluding tert-OH is 5. The third-order valence-electron chi connectivity index (χ3n) is 12.7. The molecule has 0 radical (unpaired) electrons. The second kappa shape index (κ2) is 45.5. The quantitative estimate of drug-likeness (QED) is 0.0196. The highest BCUT2D eigenvalue weighted by Gasteiger charge is 2.47. The van der Waals surface area contributed by atoms with E-state index in [2.05, 4.69) is 74.7 Å². The largest absolute Gasteiger partial charge is 0.454 e. The van der Waals surface area contributed by atoms with Gasteiger partial charge in [0.15, 0.2) is 12.4 Å². The second-order valence-electron chi connectivity index (χ2n) is 18.9. The van der Waals surface area contributed by atoms with Crippen molar-refractivity contribution in [1.29, 1.82) is 0 Å². The summed E-state index contributed by atoms with van der Waals surface area (Å²) in [7, 11) is 0. The van der Waals surface area contributed by atoms with Crippen molar-refractivity contribution in [2.75, 3.05) is 13.2 Å². The Kier molecular flexibility index (Phi) is 42.4. The van der Waals surface area contributed by atoms with Gasteiger partial charge in [0.2, 0.25) is 5.91 Å². The van der Waals surface area contributed by atoms with Crippen LogP contribution in [0, 0.1) is 0 Å². The Morgan fingerprint density at radius 2 is 1.06 bits per heavy atom. The minimum absolute atomic E-state index is 0.0993. The van der Waals surface area contributed by atoms with Gasteiger partial charge in [0.05, 0.1) is 25.4 Å². The summed E-state index contributed by atoms with van der Waals surface area (Å²) in [6, 6.07) is -1.04. The van der Waals surface area contributed by atoms with E-state index in [1.807, 2.05) is 6.08 Å². The van der Waals surface area contributed by atoms with Gasteiger partial charge in [-0.15, -0.1) is 0 Å². The van der Waals surface area contributed by atoms with Gasteiger partial charge in [-0.3, -0.25) is 9.59 Å². The topological polar surface area (TPSA) is 175 Å². The first-order valence-corrected chi connectivity index (χ1v) is 27.6. The van der Waals surface area contributed by atoms with Gasteiger partial charge in [-0.1, -0.05) is 197 Å². The zero-order valence-electron chi connectivity index (χ0n) is 43.2. The van der Waals surface area contributed by atoms with Gasteiger partial charge >= 0.3 is 5.97 Å². The summed E-state index contributed by atoms with van der Waals surface area (Å²) in [5, 5.41) is 56.6. The number of carbonyl (C=O) groups is 2. The third kappa shape index (κ3) is 33.8. The fourth-order valence-corrected chi connectivity index (χ4v) is 8.25. The molecule has 1 aliphatic heterocycles. The highest BCUT2D eigenvalue weighted by Crippen LogP contribution is 2.26. The smallest absolute Gasteiger partial charge is 0.306 e. The normalized spacial score (nSPS) is 20.4. The Bertz CT molecular complexity index is 1330. The molecule has 8 unspecified atom stereocenters. The summed E-state index contributed by atoms with van der Waals surface area (Å²) in [6.45, 7) is 5.62. The second-order valence-corrected chi connectivity index (χ2v) is 18.9. The summed E-state index contributed by atoms with van der Waals surface area (Å²) in [5.74, 6) is -1.24. The van der Waals surface area contributed by atoms with Crippen LogP contribution >= 0.6 is 0 Å². The van der Waals surface area contributed by atoms with E-state index in [4.69, 9.17) is 14.2 Å². The SMILES string of the molecule is CC/C=C/C/C=C/C/C=C/CCCCCC(O)C(=O)NC(COC1OC(CO)C(O)C(O)C1OC(=O)CCCCC/C=C\CCCCCCCCC)C(O)/C=C/CCCCCCCCCCCC. The number of nitrogens with one attached hydrogen (secondary N) is 1. The minimum Gasteiger partial charge on any atom is -0.454 e. The van der Waals surface area contributed by atoms with Crippen molar-refractivity contribution in [3.63, 3.8) is 0 Å². The molecule has 68 heavy (non-hydrogen) atoms. The van der Waals surface area contributed by atoms with E-state index < -0.39 is 67.4 Å². The van der Waals surface area contributed by atoms with Crippen LogP contribution in [-0.4, -0.2) is 99.6 Å². The molecule has 1 amide bonds. The Labute approximate surface area is 414 Å². The van der Waals surface area contributed by atoms with Crippen molar-refractivity contribution in [2.24, 2.45) is 0 Å². The van der Waals surface area contributed by atoms with Gasteiger partial charge in [-0.25, -0.2) is 0 Å². The average Bonchev–Trinajstić information content (AvgIpc) is 3.33. The van der Waals surface area contributed by atoms with E-state index in [0.29, 0.717) is 12.8 Å².